The molecule has 2 rings (SSSR count). The van der Waals surface area contributed by atoms with E-state index in [1.54, 1.807) is 0 Å². The highest BCUT2D eigenvalue weighted by Gasteiger charge is 2.04. The van der Waals surface area contributed by atoms with Crippen molar-refractivity contribution in [2.24, 2.45) is 0 Å². The maximum Gasteiger partial charge on any atom is 0.407 e. The van der Waals surface area contributed by atoms with E-state index in [9.17, 15) is 9.59 Å². The van der Waals surface area contributed by atoms with Gasteiger partial charge in [-0.2, -0.15) is 0 Å². The molecule has 1 amide bonds. The highest BCUT2D eigenvalue weighted by molar-refractivity contribution is 5.71. The number of aromatic amines is 1. The summed E-state index contributed by atoms with van der Waals surface area (Å²) in [5.74, 6) is 0.499. The van der Waals surface area contributed by atoms with Crippen molar-refractivity contribution in [1.29, 1.82) is 0 Å². The zero-order chi connectivity index (χ0) is 13.5. The second kappa shape index (κ2) is 6.34. The molecule has 6 nitrogen and oxygen atoms in total. The number of aromatic nitrogens is 2. The topological polar surface area (TPSA) is 84.1 Å². The van der Waals surface area contributed by atoms with Gasteiger partial charge in [-0.05, 0) is 5.56 Å². The molecule has 0 aliphatic heterocycles. The Labute approximate surface area is 109 Å². The van der Waals surface area contributed by atoms with Crippen molar-refractivity contribution in [3.8, 4) is 0 Å². The minimum atomic E-state index is -0.534. The number of carbonyl (C=O) groups is 2. The first-order valence-corrected chi connectivity index (χ1v) is 5.71. The Balaban J connectivity index is 1.74. The third-order valence-electron chi connectivity index (χ3n) is 2.39. The number of amides is 1. The maximum absolute atomic E-state index is 11.4. The van der Waals surface area contributed by atoms with Crippen molar-refractivity contribution in [3.63, 3.8) is 0 Å². The van der Waals surface area contributed by atoms with Crippen LogP contribution in [0.2, 0.25) is 0 Å². The first kappa shape index (κ1) is 12.8. The van der Waals surface area contributed by atoms with E-state index in [1.165, 1.54) is 6.20 Å². The van der Waals surface area contributed by atoms with Crippen LogP contribution in [0.25, 0.3) is 0 Å². The van der Waals surface area contributed by atoms with Gasteiger partial charge in [0.15, 0.2) is 6.29 Å². The van der Waals surface area contributed by atoms with Crippen LogP contribution in [-0.2, 0) is 17.9 Å². The molecule has 0 spiro atoms. The molecular weight excluding hydrogens is 246 g/mol. The molecule has 0 saturated carbocycles. The predicted octanol–water partition coefficient (Wildman–Crippen LogP) is 1.65. The highest BCUT2D eigenvalue weighted by atomic mass is 16.5. The molecule has 0 radical (unpaired) electrons. The van der Waals surface area contributed by atoms with Crippen molar-refractivity contribution < 1.29 is 14.3 Å². The number of aldehydes is 1. The van der Waals surface area contributed by atoms with Gasteiger partial charge < -0.3 is 15.0 Å². The number of hydrogen-bond acceptors (Lipinski definition) is 4. The van der Waals surface area contributed by atoms with Crippen LogP contribution < -0.4 is 5.32 Å². The molecular formula is C13H13N3O3. The van der Waals surface area contributed by atoms with Gasteiger partial charge >= 0.3 is 6.09 Å². The summed E-state index contributed by atoms with van der Waals surface area (Å²) in [7, 11) is 0. The molecule has 0 aliphatic rings. The van der Waals surface area contributed by atoms with Crippen LogP contribution in [0.4, 0.5) is 4.79 Å². The normalized spacial score (nSPS) is 9.89. The van der Waals surface area contributed by atoms with E-state index in [2.05, 4.69) is 15.3 Å². The lowest BCUT2D eigenvalue weighted by Gasteiger charge is -2.05. The van der Waals surface area contributed by atoms with E-state index in [0.29, 0.717) is 17.8 Å². The summed E-state index contributed by atoms with van der Waals surface area (Å²) >= 11 is 0. The van der Waals surface area contributed by atoms with E-state index in [-0.39, 0.29) is 13.2 Å². The monoisotopic (exact) mass is 259 g/mol. The molecule has 0 saturated heterocycles. The number of nitrogens with zero attached hydrogens (tertiary/aromatic N) is 1. The van der Waals surface area contributed by atoms with Crippen molar-refractivity contribution in [1.82, 2.24) is 15.3 Å². The zero-order valence-electron chi connectivity index (χ0n) is 10.1. The van der Waals surface area contributed by atoms with Gasteiger partial charge in [-0.3, -0.25) is 4.79 Å². The van der Waals surface area contributed by atoms with Gasteiger partial charge in [0, 0.05) is 0 Å². The van der Waals surface area contributed by atoms with Crippen molar-refractivity contribution in [2.45, 2.75) is 13.2 Å². The Bertz CT molecular complexity index is 551. The van der Waals surface area contributed by atoms with Crippen LogP contribution in [0.15, 0.2) is 36.5 Å². The molecule has 0 aliphatic carbocycles. The quantitative estimate of drug-likeness (QED) is 0.799. The molecule has 1 heterocycles. The van der Waals surface area contributed by atoms with Gasteiger partial charge in [0.1, 0.15) is 12.4 Å². The Morgan fingerprint density at radius 3 is 2.84 bits per heavy atom. The molecule has 0 atom stereocenters. The summed E-state index contributed by atoms with van der Waals surface area (Å²) in [6.07, 6.45) is 1.52. The minimum Gasteiger partial charge on any atom is -0.445 e. The first-order chi connectivity index (χ1) is 9.28. The van der Waals surface area contributed by atoms with Crippen molar-refractivity contribution in [2.75, 3.05) is 0 Å². The Kier molecular flexibility index (Phi) is 4.28. The summed E-state index contributed by atoms with van der Waals surface area (Å²) in [5.41, 5.74) is 1.29. The lowest BCUT2D eigenvalue weighted by Crippen LogP contribution is -2.24. The van der Waals surface area contributed by atoms with Gasteiger partial charge in [-0.1, -0.05) is 30.3 Å². The fourth-order valence-electron chi connectivity index (χ4n) is 1.46. The van der Waals surface area contributed by atoms with Crippen LogP contribution in [0.3, 0.4) is 0 Å². The van der Waals surface area contributed by atoms with E-state index in [1.807, 2.05) is 30.3 Å². The second-order valence-corrected chi connectivity index (χ2v) is 3.82. The number of alkyl carbamates (subject to hydrolysis) is 1. The predicted molar refractivity (Wildman–Crippen MR) is 67.4 cm³/mol. The molecule has 6 heteroatoms. The van der Waals surface area contributed by atoms with E-state index in [4.69, 9.17) is 4.74 Å². The van der Waals surface area contributed by atoms with Crippen LogP contribution in [-0.4, -0.2) is 22.3 Å². The van der Waals surface area contributed by atoms with Gasteiger partial charge in [0.2, 0.25) is 0 Å². The summed E-state index contributed by atoms with van der Waals surface area (Å²) in [6, 6.07) is 9.39. The Morgan fingerprint density at radius 2 is 2.16 bits per heavy atom. The number of carbonyl (C=O) groups excluding carboxylic acids is 2. The molecule has 0 fully saturated rings. The third-order valence-corrected chi connectivity index (χ3v) is 2.39. The zero-order valence-corrected chi connectivity index (χ0v) is 10.1. The smallest absolute Gasteiger partial charge is 0.407 e. The van der Waals surface area contributed by atoms with Crippen LogP contribution >= 0.6 is 0 Å². The molecule has 0 unspecified atom stereocenters. The SMILES string of the molecule is O=Cc1cnc(CNC(=O)OCc2ccccc2)[nH]1. The van der Waals surface area contributed by atoms with E-state index >= 15 is 0 Å². The van der Waals surface area contributed by atoms with Crippen LogP contribution in [0.1, 0.15) is 21.9 Å². The molecule has 98 valence electrons. The average Bonchev–Trinajstić information content (AvgIpc) is 2.92. The van der Waals surface area contributed by atoms with Gasteiger partial charge in [0.05, 0.1) is 18.4 Å². The standard InChI is InChI=1S/C13H13N3O3/c17-8-11-6-14-12(16-11)7-15-13(18)19-9-10-4-2-1-3-5-10/h1-6,8H,7,9H2,(H,14,16)(H,15,18). The van der Waals surface area contributed by atoms with Crippen LogP contribution in [0.5, 0.6) is 0 Å². The largest absolute Gasteiger partial charge is 0.445 e. The van der Waals surface area contributed by atoms with E-state index < -0.39 is 6.09 Å². The number of imidazole rings is 1. The van der Waals surface area contributed by atoms with Gasteiger partial charge in [-0.25, -0.2) is 9.78 Å². The number of rotatable bonds is 5. The number of ether oxygens (including phenoxy) is 1. The van der Waals surface area contributed by atoms with Crippen molar-refractivity contribution in [3.05, 3.63) is 53.6 Å². The molecule has 1 aromatic carbocycles. The lowest BCUT2D eigenvalue weighted by atomic mass is 10.2. The summed E-state index contributed by atoms with van der Waals surface area (Å²) in [4.78, 5) is 28.5. The highest BCUT2D eigenvalue weighted by Crippen LogP contribution is 2.00. The summed E-state index contributed by atoms with van der Waals surface area (Å²) in [5, 5.41) is 2.54. The van der Waals surface area contributed by atoms with E-state index in [0.717, 1.165) is 5.56 Å². The molecule has 2 N–H and O–H groups in total. The lowest BCUT2D eigenvalue weighted by molar-refractivity contribution is 0.111. The Hall–Kier alpha value is -2.63. The van der Waals surface area contributed by atoms with Crippen molar-refractivity contribution >= 4 is 12.4 Å². The van der Waals surface area contributed by atoms with Gasteiger partial charge in [-0.15, -0.1) is 0 Å². The third kappa shape index (κ3) is 3.95. The Morgan fingerprint density at radius 1 is 1.37 bits per heavy atom. The second-order valence-electron chi connectivity index (χ2n) is 3.82. The molecule has 0 bridgehead atoms. The number of hydrogen-bond donors (Lipinski definition) is 2. The van der Waals surface area contributed by atoms with Gasteiger partial charge in [0.25, 0.3) is 0 Å². The van der Waals surface area contributed by atoms with Crippen LogP contribution in [0, 0.1) is 0 Å². The molecule has 2 aromatic rings. The summed E-state index contributed by atoms with van der Waals surface area (Å²) < 4.78 is 5.02. The maximum atomic E-state index is 11.4. The number of H-pyrrole nitrogens is 1. The summed E-state index contributed by atoms with van der Waals surface area (Å²) in [6.45, 7) is 0.395. The molecule has 1 aromatic heterocycles. The number of nitrogens with one attached hydrogen (secondary N) is 2. The number of benzene rings is 1. The average molecular weight is 259 g/mol. The first-order valence-electron chi connectivity index (χ1n) is 5.71. The fraction of sp³-hybridized carbons (Fsp3) is 0.154. The fourth-order valence-corrected chi connectivity index (χ4v) is 1.46. The minimum absolute atomic E-state index is 0.182. The molecule has 19 heavy (non-hydrogen) atoms.